The fourth-order valence-electron chi connectivity index (χ4n) is 2.56. The third-order valence-corrected chi connectivity index (χ3v) is 4.03. The largest absolute Gasteiger partial charge is 0.370 e. The smallest absolute Gasteiger partial charge is 0.274 e. The van der Waals surface area contributed by atoms with Gasteiger partial charge in [0.25, 0.3) is 5.91 Å². The van der Waals surface area contributed by atoms with E-state index < -0.39 is 23.2 Å². The topological polar surface area (TPSA) is 66.9 Å². The highest BCUT2D eigenvalue weighted by Gasteiger charge is 2.17. The first kappa shape index (κ1) is 19.4. The SMILES string of the molecule is CCCCNc1cc(C(=O)Nc2c(F)cccc2F)nc(-c2ccccc2)n1. The second kappa shape index (κ2) is 9.03. The summed E-state index contributed by atoms with van der Waals surface area (Å²) in [5.41, 5.74) is 0.233. The van der Waals surface area contributed by atoms with Crippen molar-refractivity contribution in [2.75, 3.05) is 17.2 Å². The van der Waals surface area contributed by atoms with E-state index in [2.05, 4.69) is 27.5 Å². The Hall–Kier alpha value is -3.35. The molecule has 3 aromatic rings. The van der Waals surface area contributed by atoms with Crippen molar-refractivity contribution in [1.82, 2.24) is 9.97 Å². The van der Waals surface area contributed by atoms with E-state index in [0.29, 0.717) is 18.2 Å². The van der Waals surface area contributed by atoms with Gasteiger partial charge in [-0.05, 0) is 18.6 Å². The molecule has 0 spiro atoms. The molecule has 1 aromatic heterocycles. The van der Waals surface area contributed by atoms with Gasteiger partial charge in [0.05, 0.1) is 0 Å². The van der Waals surface area contributed by atoms with Crippen LogP contribution in [0.15, 0.2) is 54.6 Å². The van der Waals surface area contributed by atoms with Crippen molar-refractivity contribution in [2.45, 2.75) is 19.8 Å². The molecule has 1 heterocycles. The van der Waals surface area contributed by atoms with E-state index in [4.69, 9.17) is 0 Å². The number of halogens is 2. The predicted molar refractivity (Wildman–Crippen MR) is 105 cm³/mol. The lowest BCUT2D eigenvalue weighted by Gasteiger charge is -2.11. The molecule has 0 aliphatic rings. The zero-order chi connectivity index (χ0) is 19.9. The molecule has 5 nitrogen and oxygen atoms in total. The van der Waals surface area contributed by atoms with Gasteiger partial charge < -0.3 is 10.6 Å². The zero-order valence-electron chi connectivity index (χ0n) is 15.4. The first-order valence-electron chi connectivity index (χ1n) is 9.02. The molecular formula is C21H20F2N4O. The Morgan fingerprint density at radius 1 is 1.00 bits per heavy atom. The Balaban J connectivity index is 1.94. The van der Waals surface area contributed by atoms with Gasteiger partial charge in [-0.2, -0.15) is 0 Å². The summed E-state index contributed by atoms with van der Waals surface area (Å²) >= 11 is 0. The van der Waals surface area contributed by atoms with Crippen LogP contribution in [-0.4, -0.2) is 22.4 Å². The number of carbonyl (C=O) groups is 1. The highest BCUT2D eigenvalue weighted by Crippen LogP contribution is 2.21. The Labute approximate surface area is 161 Å². The summed E-state index contributed by atoms with van der Waals surface area (Å²) in [6.07, 6.45) is 1.94. The highest BCUT2D eigenvalue weighted by atomic mass is 19.1. The lowest BCUT2D eigenvalue weighted by Crippen LogP contribution is -2.17. The van der Waals surface area contributed by atoms with Gasteiger partial charge >= 0.3 is 0 Å². The Bertz CT molecular complexity index is 944. The quantitative estimate of drug-likeness (QED) is 0.571. The number of benzene rings is 2. The van der Waals surface area contributed by atoms with Crippen molar-refractivity contribution in [3.63, 3.8) is 0 Å². The molecule has 144 valence electrons. The number of nitrogens with one attached hydrogen (secondary N) is 2. The number of carbonyl (C=O) groups excluding carboxylic acids is 1. The maximum atomic E-state index is 13.9. The molecule has 7 heteroatoms. The number of aromatic nitrogens is 2. The molecule has 0 bridgehead atoms. The second-order valence-corrected chi connectivity index (χ2v) is 6.16. The van der Waals surface area contributed by atoms with Gasteiger partial charge in [-0.15, -0.1) is 0 Å². The number of amides is 1. The summed E-state index contributed by atoms with van der Waals surface area (Å²) in [4.78, 5) is 21.4. The third kappa shape index (κ3) is 4.68. The van der Waals surface area contributed by atoms with Gasteiger partial charge in [0.1, 0.15) is 28.8 Å². The fourth-order valence-corrected chi connectivity index (χ4v) is 2.56. The molecule has 3 rings (SSSR count). The number of hydrogen-bond donors (Lipinski definition) is 2. The van der Waals surface area contributed by atoms with Crippen LogP contribution in [0.5, 0.6) is 0 Å². The van der Waals surface area contributed by atoms with Crippen molar-refractivity contribution < 1.29 is 13.6 Å². The van der Waals surface area contributed by atoms with Gasteiger partial charge in [-0.1, -0.05) is 49.7 Å². The molecule has 0 radical (unpaired) electrons. The van der Waals surface area contributed by atoms with Gasteiger partial charge in [-0.25, -0.2) is 18.7 Å². The number of unbranched alkanes of at least 4 members (excludes halogenated alkanes) is 1. The van der Waals surface area contributed by atoms with Crippen molar-refractivity contribution in [2.24, 2.45) is 0 Å². The van der Waals surface area contributed by atoms with Crippen LogP contribution in [0.3, 0.4) is 0 Å². The lowest BCUT2D eigenvalue weighted by molar-refractivity contribution is 0.102. The van der Waals surface area contributed by atoms with Crippen molar-refractivity contribution in [3.8, 4) is 11.4 Å². The van der Waals surface area contributed by atoms with Crippen molar-refractivity contribution in [3.05, 3.63) is 71.9 Å². The maximum Gasteiger partial charge on any atom is 0.274 e. The lowest BCUT2D eigenvalue weighted by atomic mass is 10.2. The number of rotatable bonds is 7. The number of anilines is 2. The summed E-state index contributed by atoms with van der Waals surface area (Å²) in [5, 5.41) is 5.42. The first-order chi connectivity index (χ1) is 13.6. The van der Waals surface area contributed by atoms with E-state index in [-0.39, 0.29) is 5.69 Å². The molecule has 1 amide bonds. The van der Waals surface area contributed by atoms with Crippen LogP contribution in [0.2, 0.25) is 0 Å². The van der Waals surface area contributed by atoms with Crippen LogP contribution in [0.1, 0.15) is 30.3 Å². The van der Waals surface area contributed by atoms with Crippen molar-refractivity contribution >= 4 is 17.4 Å². The highest BCUT2D eigenvalue weighted by molar-refractivity contribution is 6.03. The van der Waals surface area contributed by atoms with Gasteiger partial charge in [-0.3, -0.25) is 4.79 Å². The van der Waals surface area contributed by atoms with Crippen LogP contribution in [0, 0.1) is 11.6 Å². The van der Waals surface area contributed by atoms with E-state index in [9.17, 15) is 13.6 Å². The summed E-state index contributed by atoms with van der Waals surface area (Å²) in [5.74, 6) is -1.61. The third-order valence-electron chi connectivity index (χ3n) is 4.03. The Morgan fingerprint density at radius 3 is 2.39 bits per heavy atom. The molecule has 2 aromatic carbocycles. The van der Waals surface area contributed by atoms with Crippen LogP contribution >= 0.6 is 0 Å². The molecule has 0 aliphatic heterocycles. The average Bonchev–Trinajstić information content (AvgIpc) is 2.71. The van der Waals surface area contributed by atoms with Crippen LogP contribution < -0.4 is 10.6 Å². The Kier molecular flexibility index (Phi) is 6.26. The molecule has 0 atom stereocenters. The summed E-state index contributed by atoms with van der Waals surface area (Å²) in [6, 6.07) is 14.0. The fraction of sp³-hybridized carbons (Fsp3) is 0.190. The van der Waals surface area contributed by atoms with Gasteiger partial charge in [0, 0.05) is 18.2 Å². The standard InChI is InChI=1S/C21H20F2N4O/c1-2-3-12-24-18-13-17(25-20(26-18)14-8-5-4-6-9-14)21(28)27-19-15(22)10-7-11-16(19)23/h4-11,13H,2-3,12H2,1H3,(H,27,28)(H,24,25,26). The van der Waals surface area contributed by atoms with Crippen LogP contribution in [-0.2, 0) is 0 Å². The van der Waals surface area contributed by atoms with E-state index >= 15 is 0 Å². The molecule has 0 fully saturated rings. The van der Waals surface area contributed by atoms with Crippen molar-refractivity contribution in [1.29, 1.82) is 0 Å². The Morgan fingerprint density at radius 2 is 1.71 bits per heavy atom. The summed E-state index contributed by atoms with van der Waals surface area (Å²) < 4.78 is 27.7. The molecule has 28 heavy (non-hydrogen) atoms. The number of para-hydroxylation sites is 1. The van der Waals surface area contributed by atoms with Crippen LogP contribution in [0.4, 0.5) is 20.3 Å². The zero-order valence-corrected chi connectivity index (χ0v) is 15.4. The monoisotopic (exact) mass is 382 g/mol. The van der Waals surface area contributed by atoms with Crippen LogP contribution in [0.25, 0.3) is 11.4 Å². The molecule has 0 saturated heterocycles. The predicted octanol–water partition coefficient (Wildman–Crippen LogP) is 4.89. The minimum atomic E-state index is -0.855. The molecular weight excluding hydrogens is 362 g/mol. The molecule has 0 unspecified atom stereocenters. The molecule has 2 N–H and O–H groups in total. The number of nitrogens with zero attached hydrogens (tertiary/aromatic N) is 2. The first-order valence-corrected chi connectivity index (χ1v) is 9.02. The minimum absolute atomic E-state index is 0.00973. The van der Waals surface area contributed by atoms with Gasteiger partial charge in [0.15, 0.2) is 5.82 Å². The maximum absolute atomic E-state index is 13.9. The summed E-state index contributed by atoms with van der Waals surface area (Å²) in [7, 11) is 0. The van der Waals surface area contributed by atoms with E-state index in [0.717, 1.165) is 30.5 Å². The minimum Gasteiger partial charge on any atom is -0.370 e. The van der Waals surface area contributed by atoms with E-state index in [1.54, 1.807) is 0 Å². The number of hydrogen-bond acceptors (Lipinski definition) is 4. The normalized spacial score (nSPS) is 10.5. The van der Waals surface area contributed by atoms with Gasteiger partial charge in [0.2, 0.25) is 0 Å². The summed E-state index contributed by atoms with van der Waals surface area (Å²) in [6.45, 7) is 2.75. The average molecular weight is 382 g/mol. The molecule has 0 saturated carbocycles. The van der Waals surface area contributed by atoms with E-state index in [1.165, 1.54) is 12.1 Å². The van der Waals surface area contributed by atoms with E-state index in [1.807, 2.05) is 30.3 Å². The second-order valence-electron chi connectivity index (χ2n) is 6.16. The molecule has 0 aliphatic carbocycles.